The number of carboxylic acid groups (broad SMARTS) is 4. The van der Waals surface area contributed by atoms with Gasteiger partial charge in [0.15, 0.2) is 0 Å². The number of carbonyl (C=O) groups is 4. The van der Waals surface area contributed by atoms with Crippen molar-refractivity contribution in [2.45, 2.75) is 52.2 Å². The van der Waals surface area contributed by atoms with Crippen LogP contribution < -0.4 is 22.1 Å². The van der Waals surface area contributed by atoms with E-state index < -0.39 is 47.9 Å². The largest absolute Gasteiger partial charge is 0.478 e. The predicted molar refractivity (Wildman–Crippen MR) is 403 cm³/mol. The predicted octanol–water partition coefficient (Wildman–Crippen LogP) is 16.5. The molecule has 0 amide bonds. The number of hydrogen-bond donors (Lipinski definition) is 8. The molecule has 0 fully saturated rings. The van der Waals surface area contributed by atoms with E-state index in [1.54, 1.807) is 30.3 Å². The molecule has 0 saturated carbocycles. The number of anilines is 5. The molecule has 544 valence electrons. The molecular weight excluding hydrogens is 1430 g/mol. The Morgan fingerprint density at radius 3 is 1.32 bits per heavy atom. The zero-order valence-corrected chi connectivity index (χ0v) is 59.3. The van der Waals surface area contributed by atoms with Crippen LogP contribution in [0, 0.1) is 30.3 Å². The van der Waals surface area contributed by atoms with Crippen molar-refractivity contribution in [1.29, 1.82) is 0 Å². The first-order valence-electron chi connectivity index (χ1n) is 31.5. The first-order chi connectivity index (χ1) is 49.7. The number of nitro groups is 3. The number of nitrogen functional groups attached to an aromatic ring is 1. The van der Waals surface area contributed by atoms with Gasteiger partial charge in [0.05, 0.1) is 75.9 Å². The molecule has 0 saturated heterocycles. The fourth-order valence-corrected chi connectivity index (χ4v) is 9.73. The fourth-order valence-electron chi connectivity index (χ4n) is 9.53. The fraction of sp³-hybridized carbons (Fsp3) is 0.178. The number of para-hydroxylation sites is 3. The second-order valence-electron chi connectivity index (χ2n) is 21.6. The molecule has 0 aliphatic carbocycles. The smallest absolute Gasteiger partial charge is 0.338 e. The highest BCUT2D eigenvalue weighted by Crippen LogP contribution is 2.35. The lowest BCUT2D eigenvalue weighted by Crippen LogP contribution is -2.21. The van der Waals surface area contributed by atoms with Gasteiger partial charge >= 0.3 is 23.9 Å². The summed E-state index contributed by atoms with van der Waals surface area (Å²) in [4.78, 5) is 85.9. The number of non-ortho nitro benzene ring substituents is 3. The third kappa shape index (κ3) is 26.1. The Labute approximate surface area is 613 Å². The van der Waals surface area contributed by atoms with Gasteiger partial charge in [-0.25, -0.2) is 33.4 Å². The SMILES string of the molecule is CCN(CC)CC.CC[C@H](N)c1ccccc1.Nc1ccccc1C(=O)O.O=C(O)c1cc([N+](=O)[O-])ccc1Cl.O=C(O)c1ccccc1Nc1ccc([N+](=O)[O-])cc1C(=O)O.O=S(Cl)Cl.O=[N+]([O-])c1ccc(Nc2ccccc2C2=N[C@H](c3ccccc3)CO2)c(C2=N[C@H](c3ccccc3)CO2)c1. The van der Waals surface area contributed by atoms with Crippen LogP contribution in [0.3, 0.4) is 0 Å². The Hall–Kier alpha value is -11.7. The van der Waals surface area contributed by atoms with Crippen LogP contribution in [0.25, 0.3) is 0 Å². The molecule has 10 N–H and O–H groups in total. The monoisotopic (exact) mass is 1500 g/mol. The van der Waals surface area contributed by atoms with Crippen molar-refractivity contribution in [3.63, 3.8) is 0 Å². The third-order valence-electron chi connectivity index (χ3n) is 15.0. The summed E-state index contributed by atoms with van der Waals surface area (Å²) in [6.07, 6.45) is 1.00. The summed E-state index contributed by atoms with van der Waals surface area (Å²) in [6, 6.07) is 61.2. The maximum atomic E-state index is 11.6. The second-order valence-corrected chi connectivity index (χ2v) is 24.5. The van der Waals surface area contributed by atoms with Gasteiger partial charge in [0, 0.05) is 69.5 Å². The lowest BCUT2D eigenvalue weighted by atomic mass is 10.1. The van der Waals surface area contributed by atoms with Gasteiger partial charge in [0.25, 0.3) is 17.1 Å². The minimum Gasteiger partial charge on any atom is -0.478 e. The van der Waals surface area contributed by atoms with Gasteiger partial charge in [0.2, 0.25) is 21.0 Å². The Kier molecular flexibility index (Phi) is 34.0. The molecule has 11 rings (SSSR count). The average molecular weight is 1500 g/mol. The summed E-state index contributed by atoms with van der Waals surface area (Å²) in [5, 5.41) is 73.9. The normalized spacial score (nSPS) is 13.1. The maximum Gasteiger partial charge on any atom is 0.338 e. The van der Waals surface area contributed by atoms with E-state index in [-0.39, 0.29) is 73.8 Å². The Balaban J connectivity index is 0.000000248. The van der Waals surface area contributed by atoms with Crippen molar-refractivity contribution >= 4 is 123 Å². The number of ether oxygens (including phenoxy) is 2. The number of nitrogens with one attached hydrogen (secondary N) is 2. The Morgan fingerprint density at radius 1 is 0.510 bits per heavy atom. The van der Waals surface area contributed by atoms with E-state index in [4.69, 9.17) is 67.2 Å². The van der Waals surface area contributed by atoms with Gasteiger partial charge in [-0.1, -0.05) is 167 Å². The summed E-state index contributed by atoms with van der Waals surface area (Å²) < 4.78 is 21.0. The molecule has 2 heterocycles. The van der Waals surface area contributed by atoms with Crippen LogP contribution in [0.5, 0.6) is 0 Å². The van der Waals surface area contributed by atoms with Gasteiger partial charge in [-0.05, 0) is 97.3 Å². The van der Waals surface area contributed by atoms with Crippen molar-refractivity contribution in [3.8, 4) is 0 Å². The molecule has 31 heteroatoms. The highest BCUT2D eigenvalue weighted by atomic mass is 36.0. The number of aliphatic imine (C=N–C) groups is 2. The van der Waals surface area contributed by atoms with Crippen LogP contribution in [0.2, 0.25) is 5.02 Å². The molecule has 2 aliphatic rings. The molecule has 104 heavy (non-hydrogen) atoms. The van der Waals surface area contributed by atoms with Gasteiger partial charge in [-0.15, -0.1) is 0 Å². The van der Waals surface area contributed by atoms with Crippen LogP contribution in [0.4, 0.5) is 45.5 Å². The minimum atomic E-state index is -1.67. The molecule has 9 aromatic rings. The molecular formula is C73H73Cl3N10O17S. The number of rotatable bonds is 20. The maximum absolute atomic E-state index is 11.6. The van der Waals surface area contributed by atoms with Crippen molar-refractivity contribution < 1.29 is 68.1 Å². The summed E-state index contributed by atoms with van der Waals surface area (Å²) in [7, 11) is 7.36. The van der Waals surface area contributed by atoms with Crippen LogP contribution >= 0.6 is 33.0 Å². The summed E-state index contributed by atoms with van der Waals surface area (Å²) in [6.45, 7) is 13.0. The number of aromatic carboxylic acids is 4. The molecule has 0 bridgehead atoms. The average Bonchev–Trinajstić information content (AvgIpc) is 1.47. The first kappa shape index (κ1) is 83.0. The highest BCUT2D eigenvalue weighted by Gasteiger charge is 2.28. The zero-order valence-electron chi connectivity index (χ0n) is 56.2. The molecule has 0 spiro atoms. The molecule has 0 aromatic heterocycles. The summed E-state index contributed by atoms with van der Waals surface area (Å²) >= 11 is 5.49. The second kappa shape index (κ2) is 42.6. The van der Waals surface area contributed by atoms with E-state index in [0.29, 0.717) is 41.9 Å². The number of carboxylic acids is 4. The molecule has 27 nitrogen and oxygen atoms in total. The summed E-state index contributed by atoms with van der Waals surface area (Å²) in [5.41, 5.74) is 16.6. The number of nitro benzene ring substituents is 3. The zero-order chi connectivity index (χ0) is 76.4. The van der Waals surface area contributed by atoms with Crippen LogP contribution in [0.15, 0.2) is 228 Å². The molecule has 0 unspecified atom stereocenters. The van der Waals surface area contributed by atoms with Crippen molar-refractivity contribution in [2.24, 2.45) is 15.7 Å². The summed E-state index contributed by atoms with van der Waals surface area (Å²) in [5.74, 6) is -3.90. The van der Waals surface area contributed by atoms with E-state index in [9.17, 15) is 49.5 Å². The number of nitrogens with zero attached hydrogens (tertiary/aromatic N) is 6. The highest BCUT2D eigenvalue weighted by molar-refractivity contribution is 8.26. The van der Waals surface area contributed by atoms with Crippen molar-refractivity contribution in [2.75, 3.05) is 49.2 Å². The number of halogens is 3. The topological polar surface area (TPSA) is 418 Å². The van der Waals surface area contributed by atoms with Gasteiger partial charge < -0.3 is 56.9 Å². The molecule has 0 radical (unpaired) electrons. The van der Waals surface area contributed by atoms with Gasteiger partial charge in [-0.2, -0.15) is 0 Å². The van der Waals surface area contributed by atoms with Crippen LogP contribution in [0.1, 0.15) is 121 Å². The van der Waals surface area contributed by atoms with E-state index in [1.807, 2.05) is 103 Å². The van der Waals surface area contributed by atoms with E-state index in [2.05, 4.69) is 76.7 Å². The number of benzene rings is 9. The lowest BCUT2D eigenvalue weighted by Gasteiger charge is -2.15. The van der Waals surface area contributed by atoms with E-state index in [1.165, 1.54) is 73.7 Å². The number of nitrogens with two attached hydrogens (primary N) is 2. The van der Waals surface area contributed by atoms with Crippen molar-refractivity contribution in [1.82, 2.24) is 4.90 Å². The minimum absolute atomic E-state index is 0.0156. The van der Waals surface area contributed by atoms with E-state index >= 15 is 0 Å². The van der Waals surface area contributed by atoms with Crippen molar-refractivity contribution in [3.05, 3.63) is 304 Å². The quantitative estimate of drug-likeness (QED) is 0.0152. The standard InChI is InChI=1S/C30H24N4O4.C14H10N2O6.C9H13N.C7H4ClNO4.C7H7NO2.C6H15N.Cl2OS/c35-34(36)22-15-16-26(24(17-22)30-33-28(19-38-30)21-11-5-2-6-12-21)31-25-14-8-7-13-23(25)29-32-27(18-37-29)20-9-3-1-4-10-20;17-13(18)9-3-1-2-4-11(9)15-12-6-5-8(16(21)22)7-10(12)14(19)20;1-2-9(10)8-6-4-3-5-7-8;8-6-2-1-4(9(12)13)3-5(6)7(10)11;8-6-4-2-1-3-5(6)7(9)10;1-4-7(5-2)6-3;1-4(2)3/h1-17,27-28,31H,18-19H2;1-7,15H,(H,17,18)(H,19,20);3-7,9H,2,10H2,1H3;1-3H,(H,10,11);1-4H,8H2,(H,9,10);4-6H2,1-3H3;/t27-,28-;;9-;;;;/m0.0..../s1. The first-order valence-corrected chi connectivity index (χ1v) is 34.7. The Morgan fingerprint density at radius 2 is 0.875 bits per heavy atom. The van der Waals surface area contributed by atoms with E-state index in [0.717, 1.165) is 53.1 Å². The molecule has 2 aliphatic heterocycles. The lowest BCUT2D eigenvalue weighted by molar-refractivity contribution is -0.385. The van der Waals surface area contributed by atoms with Crippen LogP contribution in [-0.2, 0) is 18.7 Å². The van der Waals surface area contributed by atoms with Gasteiger partial charge in [0.1, 0.15) is 25.3 Å². The molecule has 9 aromatic carbocycles. The Bertz CT molecular complexity index is 4480. The van der Waals surface area contributed by atoms with Gasteiger partial charge in [-0.3, -0.25) is 30.3 Å². The third-order valence-corrected chi connectivity index (χ3v) is 15.3. The molecule has 3 atom stereocenters. The van der Waals surface area contributed by atoms with Crippen LogP contribution in [-0.4, -0.2) is 113 Å². The number of hydrogen-bond acceptors (Lipinski definition) is 20.